The molecule has 0 atom stereocenters. The van der Waals surface area contributed by atoms with Gasteiger partial charge in [0.15, 0.2) is 5.75 Å². The first-order chi connectivity index (χ1) is 9.20. The summed E-state index contributed by atoms with van der Waals surface area (Å²) in [6, 6.07) is 5.16. The van der Waals surface area contributed by atoms with Gasteiger partial charge < -0.3 is 14.5 Å². The van der Waals surface area contributed by atoms with Crippen molar-refractivity contribution in [3.05, 3.63) is 39.7 Å². The maximum Gasteiger partial charge on any atom is 0.337 e. The predicted octanol–water partition coefficient (Wildman–Crippen LogP) is 1.64. The number of benzene rings is 1. The summed E-state index contributed by atoms with van der Waals surface area (Å²) in [7, 11) is 1.33. The van der Waals surface area contributed by atoms with Crippen molar-refractivity contribution in [2.45, 2.75) is 12.8 Å². The highest BCUT2D eigenvalue weighted by atomic mass is 16.5. The summed E-state index contributed by atoms with van der Waals surface area (Å²) in [4.78, 5) is 26.2. The molecular formula is C14H13NO4. The fourth-order valence-electron chi connectivity index (χ4n) is 2.42. The van der Waals surface area contributed by atoms with E-state index in [4.69, 9.17) is 4.74 Å². The summed E-state index contributed by atoms with van der Waals surface area (Å²) in [5, 5.41) is 0.918. The number of hydrogen-bond donors (Lipinski definition) is 1. The van der Waals surface area contributed by atoms with E-state index in [0.717, 1.165) is 23.8 Å². The topological polar surface area (TPSA) is 68.4 Å². The molecule has 0 saturated carbocycles. The summed E-state index contributed by atoms with van der Waals surface area (Å²) in [6.07, 6.45) is 1.71. The highest BCUT2D eigenvalue weighted by Crippen LogP contribution is 2.28. The Labute approximate surface area is 109 Å². The predicted molar refractivity (Wildman–Crippen MR) is 69.7 cm³/mol. The molecule has 2 aromatic rings. The molecule has 1 aliphatic heterocycles. The third kappa shape index (κ3) is 1.87. The molecule has 0 spiro atoms. The lowest BCUT2D eigenvalue weighted by molar-refractivity contribution is 0.0601. The number of aromatic amines is 1. The van der Waals surface area contributed by atoms with Gasteiger partial charge in [-0.2, -0.15) is 0 Å². The molecule has 3 rings (SSSR count). The number of esters is 1. The third-order valence-corrected chi connectivity index (χ3v) is 3.31. The lowest BCUT2D eigenvalue weighted by atomic mass is 10.0. The van der Waals surface area contributed by atoms with Crippen LogP contribution in [0.15, 0.2) is 23.0 Å². The number of methoxy groups -OCH3 is 1. The van der Waals surface area contributed by atoms with Gasteiger partial charge in [-0.3, -0.25) is 4.79 Å². The van der Waals surface area contributed by atoms with Gasteiger partial charge in [-0.25, -0.2) is 4.79 Å². The van der Waals surface area contributed by atoms with E-state index in [2.05, 4.69) is 9.72 Å². The van der Waals surface area contributed by atoms with Crippen molar-refractivity contribution in [2.24, 2.45) is 0 Å². The molecule has 5 heteroatoms. The van der Waals surface area contributed by atoms with Gasteiger partial charge in [0, 0.05) is 16.5 Å². The zero-order valence-electron chi connectivity index (χ0n) is 10.5. The van der Waals surface area contributed by atoms with Gasteiger partial charge in [-0.05, 0) is 25.0 Å². The number of H-pyrrole nitrogens is 1. The van der Waals surface area contributed by atoms with Crippen LogP contribution in [0.4, 0.5) is 0 Å². The standard InChI is InChI=1S/C14H13NO4/c1-18-14(17)8-4-5-9-10-3-2-6-19-12(10)13(16)15-11(9)7-8/h4-5,7H,2-3,6H2,1H3,(H,15,16). The number of ether oxygens (including phenoxy) is 2. The molecule has 19 heavy (non-hydrogen) atoms. The Bertz CT molecular complexity index is 717. The van der Waals surface area contributed by atoms with Crippen LogP contribution in [-0.2, 0) is 11.2 Å². The van der Waals surface area contributed by atoms with Crippen LogP contribution in [0.3, 0.4) is 0 Å². The van der Waals surface area contributed by atoms with Gasteiger partial charge in [-0.15, -0.1) is 0 Å². The number of carbonyl (C=O) groups excluding carboxylic acids is 1. The van der Waals surface area contributed by atoms with Crippen molar-refractivity contribution >= 4 is 16.9 Å². The SMILES string of the molecule is COC(=O)c1ccc2c3c(c(=O)[nH]c2c1)OCCC3. The van der Waals surface area contributed by atoms with Crippen LogP contribution in [0.1, 0.15) is 22.3 Å². The van der Waals surface area contributed by atoms with Gasteiger partial charge >= 0.3 is 5.97 Å². The molecular weight excluding hydrogens is 246 g/mol. The second-order valence-corrected chi connectivity index (χ2v) is 4.47. The molecule has 5 nitrogen and oxygen atoms in total. The Morgan fingerprint density at radius 2 is 2.26 bits per heavy atom. The van der Waals surface area contributed by atoms with Crippen LogP contribution < -0.4 is 10.3 Å². The number of pyridine rings is 1. The normalized spacial score (nSPS) is 13.7. The van der Waals surface area contributed by atoms with Crippen LogP contribution in [-0.4, -0.2) is 24.7 Å². The zero-order chi connectivity index (χ0) is 13.4. The van der Waals surface area contributed by atoms with Crippen LogP contribution in [0, 0.1) is 0 Å². The Balaban J connectivity index is 2.26. The first-order valence-electron chi connectivity index (χ1n) is 6.11. The highest BCUT2D eigenvalue weighted by molar-refractivity contribution is 5.95. The number of aryl methyl sites for hydroxylation is 1. The first-order valence-corrected chi connectivity index (χ1v) is 6.11. The smallest absolute Gasteiger partial charge is 0.337 e. The fraction of sp³-hybridized carbons (Fsp3) is 0.286. The number of rotatable bonds is 1. The number of nitrogens with one attached hydrogen (secondary N) is 1. The Hall–Kier alpha value is -2.30. The molecule has 1 aromatic heterocycles. The molecule has 1 aromatic carbocycles. The van der Waals surface area contributed by atoms with Crippen molar-refractivity contribution in [2.75, 3.05) is 13.7 Å². The summed E-state index contributed by atoms with van der Waals surface area (Å²) in [6.45, 7) is 0.571. The Morgan fingerprint density at radius 3 is 3.05 bits per heavy atom. The van der Waals surface area contributed by atoms with Crippen molar-refractivity contribution in [3.63, 3.8) is 0 Å². The average molecular weight is 259 g/mol. The number of carbonyl (C=O) groups is 1. The van der Waals surface area contributed by atoms with Crippen molar-refractivity contribution < 1.29 is 14.3 Å². The molecule has 1 aliphatic rings. The van der Waals surface area contributed by atoms with Gasteiger partial charge in [0.1, 0.15) is 0 Å². The monoisotopic (exact) mass is 259 g/mol. The minimum atomic E-state index is -0.420. The zero-order valence-corrected chi connectivity index (χ0v) is 10.5. The van der Waals surface area contributed by atoms with E-state index >= 15 is 0 Å². The van der Waals surface area contributed by atoms with Crippen LogP contribution in [0.2, 0.25) is 0 Å². The van der Waals surface area contributed by atoms with E-state index in [9.17, 15) is 9.59 Å². The number of aromatic nitrogens is 1. The van der Waals surface area contributed by atoms with E-state index < -0.39 is 5.97 Å². The molecule has 0 saturated heterocycles. The summed E-state index contributed by atoms with van der Waals surface area (Å²) < 4.78 is 10.1. The van der Waals surface area contributed by atoms with Crippen molar-refractivity contribution in [1.29, 1.82) is 0 Å². The maximum absolute atomic E-state index is 11.9. The summed E-state index contributed by atoms with van der Waals surface area (Å²) in [5.41, 5.74) is 1.73. The molecule has 0 radical (unpaired) electrons. The Morgan fingerprint density at radius 1 is 1.42 bits per heavy atom. The van der Waals surface area contributed by atoms with Gasteiger partial charge in [-0.1, -0.05) is 6.07 Å². The molecule has 2 heterocycles. The summed E-state index contributed by atoms with van der Waals surface area (Å²) >= 11 is 0. The van der Waals surface area contributed by atoms with Gasteiger partial charge in [0.2, 0.25) is 0 Å². The van der Waals surface area contributed by atoms with Crippen LogP contribution >= 0.6 is 0 Å². The lowest BCUT2D eigenvalue weighted by Gasteiger charge is -2.18. The van der Waals surface area contributed by atoms with E-state index in [1.54, 1.807) is 12.1 Å². The first kappa shape index (κ1) is 11.8. The quantitative estimate of drug-likeness (QED) is 0.790. The van der Waals surface area contributed by atoms with Crippen molar-refractivity contribution in [3.8, 4) is 5.75 Å². The highest BCUT2D eigenvalue weighted by Gasteiger charge is 2.18. The summed E-state index contributed by atoms with van der Waals surface area (Å²) in [5.74, 6) is -0.0127. The maximum atomic E-state index is 11.9. The van der Waals surface area contributed by atoms with E-state index in [-0.39, 0.29) is 5.56 Å². The van der Waals surface area contributed by atoms with Crippen molar-refractivity contribution in [1.82, 2.24) is 4.98 Å². The number of hydrogen-bond acceptors (Lipinski definition) is 4. The molecule has 0 aliphatic carbocycles. The van der Waals surface area contributed by atoms with Crippen LogP contribution in [0.25, 0.3) is 10.9 Å². The Kier molecular flexibility index (Phi) is 2.74. The third-order valence-electron chi connectivity index (χ3n) is 3.31. The average Bonchev–Trinajstić information content (AvgIpc) is 2.46. The number of fused-ring (bicyclic) bond motifs is 3. The lowest BCUT2D eigenvalue weighted by Crippen LogP contribution is -2.19. The second kappa shape index (κ2) is 4.42. The minimum Gasteiger partial charge on any atom is -0.488 e. The molecule has 0 fully saturated rings. The molecule has 0 unspecified atom stereocenters. The second-order valence-electron chi connectivity index (χ2n) is 4.47. The fourth-order valence-corrected chi connectivity index (χ4v) is 2.42. The van der Waals surface area contributed by atoms with E-state index in [1.807, 2.05) is 6.07 Å². The van der Waals surface area contributed by atoms with Gasteiger partial charge in [0.25, 0.3) is 5.56 Å². The van der Waals surface area contributed by atoms with Crippen LogP contribution in [0.5, 0.6) is 5.75 Å². The van der Waals surface area contributed by atoms with E-state index in [1.165, 1.54) is 7.11 Å². The van der Waals surface area contributed by atoms with Gasteiger partial charge in [0.05, 0.1) is 19.3 Å². The molecule has 0 bridgehead atoms. The molecule has 1 N–H and O–H groups in total. The largest absolute Gasteiger partial charge is 0.488 e. The minimum absolute atomic E-state index is 0.246. The van der Waals surface area contributed by atoms with E-state index in [0.29, 0.717) is 23.4 Å². The molecule has 98 valence electrons. The molecule has 0 amide bonds.